The topological polar surface area (TPSA) is 105 Å². The van der Waals surface area contributed by atoms with E-state index in [4.69, 9.17) is 32.7 Å². The van der Waals surface area contributed by atoms with E-state index in [-0.39, 0.29) is 36.7 Å². The van der Waals surface area contributed by atoms with Gasteiger partial charge >= 0.3 is 0 Å². The van der Waals surface area contributed by atoms with Crippen LogP contribution >= 0.6 is 23.2 Å². The molecule has 1 heterocycles. The van der Waals surface area contributed by atoms with Gasteiger partial charge in [-0.3, -0.25) is 13.9 Å². The Hall–Kier alpha value is -2.69. The van der Waals surface area contributed by atoms with E-state index in [0.717, 1.165) is 10.7 Å². The number of anilines is 1. The molecule has 0 spiro atoms. The lowest BCUT2D eigenvalue weighted by Gasteiger charge is -2.33. The van der Waals surface area contributed by atoms with Gasteiger partial charge in [-0.05, 0) is 56.5 Å². The molecular formula is C26H33Cl2N3O6S. The molecule has 2 atom stereocenters. The lowest BCUT2D eigenvalue weighted by Crippen LogP contribution is -2.53. The summed E-state index contributed by atoms with van der Waals surface area (Å²) < 4.78 is 38.0. The predicted octanol–water partition coefficient (Wildman–Crippen LogP) is 4.60. The number of ether oxygens (including phenoxy) is 2. The summed E-state index contributed by atoms with van der Waals surface area (Å²) in [5.41, 5.74) is 0.909. The van der Waals surface area contributed by atoms with Crippen LogP contribution in [0.25, 0.3) is 0 Å². The lowest BCUT2D eigenvalue weighted by molar-refractivity contribution is -0.140. The average Bonchev–Trinajstić information content (AvgIpc) is 3.36. The van der Waals surface area contributed by atoms with Gasteiger partial charge < -0.3 is 19.7 Å². The molecule has 0 bridgehead atoms. The van der Waals surface area contributed by atoms with Crippen LogP contribution in [-0.4, -0.2) is 56.3 Å². The van der Waals surface area contributed by atoms with Gasteiger partial charge in [0.1, 0.15) is 12.6 Å². The highest BCUT2D eigenvalue weighted by Crippen LogP contribution is 2.36. The predicted molar refractivity (Wildman–Crippen MR) is 148 cm³/mol. The third kappa shape index (κ3) is 7.03. The normalized spacial score (nSPS) is 14.1. The summed E-state index contributed by atoms with van der Waals surface area (Å²) in [5.74, 6) is -0.214. The van der Waals surface area contributed by atoms with Gasteiger partial charge in [-0.1, -0.05) is 43.1 Å². The number of halogens is 2. The fourth-order valence-corrected chi connectivity index (χ4v) is 5.33. The van der Waals surface area contributed by atoms with E-state index in [1.54, 1.807) is 37.3 Å². The number of sulfonamides is 1. The first kappa shape index (κ1) is 29.9. The van der Waals surface area contributed by atoms with E-state index >= 15 is 0 Å². The third-order valence-corrected chi connectivity index (χ3v) is 8.83. The van der Waals surface area contributed by atoms with Crippen molar-refractivity contribution in [1.82, 2.24) is 10.2 Å². The van der Waals surface area contributed by atoms with Crippen LogP contribution in [0.15, 0.2) is 36.4 Å². The van der Waals surface area contributed by atoms with Crippen LogP contribution in [0.5, 0.6) is 11.5 Å². The average molecular weight is 587 g/mol. The first-order valence-electron chi connectivity index (χ1n) is 12.4. The number of hydrogen-bond donors (Lipinski definition) is 1. The molecule has 2 aromatic rings. The second-order valence-corrected chi connectivity index (χ2v) is 12.0. The molecule has 12 heteroatoms. The summed E-state index contributed by atoms with van der Waals surface area (Å²) >= 11 is 12.3. The van der Waals surface area contributed by atoms with Gasteiger partial charge in [0.2, 0.25) is 28.6 Å². The molecule has 0 saturated carbocycles. The van der Waals surface area contributed by atoms with Crippen molar-refractivity contribution in [2.75, 3.05) is 23.4 Å². The number of rotatable bonds is 12. The SMILES string of the molecule is CC[C@@H](C)NC(=O)[C@@H](CC)N(Cc1ccc(Cl)c(Cl)c1)C(=O)CN(c1ccc2c(c1)OCO2)S(=O)(=O)CC. The molecule has 0 radical (unpaired) electrons. The summed E-state index contributed by atoms with van der Waals surface area (Å²) in [6, 6.07) is 8.71. The van der Waals surface area contributed by atoms with E-state index in [0.29, 0.717) is 33.5 Å². The van der Waals surface area contributed by atoms with Gasteiger partial charge in [0, 0.05) is 18.7 Å². The van der Waals surface area contributed by atoms with Gasteiger partial charge in [0.05, 0.1) is 21.5 Å². The van der Waals surface area contributed by atoms with Crippen LogP contribution in [-0.2, 0) is 26.2 Å². The summed E-state index contributed by atoms with van der Waals surface area (Å²) in [7, 11) is -3.87. The summed E-state index contributed by atoms with van der Waals surface area (Å²) in [4.78, 5) is 28.5. The highest BCUT2D eigenvalue weighted by Gasteiger charge is 2.33. The zero-order valence-electron chi connectivity index (χ0n) is 21.9. The smallest absolute Gasteiger partial charge is 0.244 e. The van der Waals surface area contributed by atoms with Crippen molar-refractivity contribution in [3.63, 3.8) is 0 Å². The third-order valence-electron chi connectivity index (χ3n) is 6.35. The van der Waals surface area contributed by atoms with Crippen molar-refractivity contribution < 1.29 is 27.5 Å². The van der Waals surface area contributed by atoms with Crippen molar-refractivity contribution in [2.45, 2.75) is 59.2 Å². The molecule has 0 aromatic heterocycles. The summed E-state index contributed by atoms with van der Waals surface area (Å²) in [6.07, 6.45) is 1.04. The number of benzene rings is 2. The maximum Gasteiger partial charge on any atom is 0.244 e. The fraction of sp³-hybridized carbons (Fsp3) is 0.462. The molecule has 1 N–H and O–H groups in total. The Bertz CT molecular complexity index is 1270. The summed E-state index contributed by atoms with van der Waals surface area (Å²) in [5, 5.41) is 3.60. The van der Waals surface area contributed by atoms with Crippen LogP contribution in [0.4, 0.5) is 5.69 Å². The highest BCUT2D eigenvalue weighted by molar-refractivity contribution is 7.92. The van der Waals surface area contributed by atoms with E-state index in [1.807, 2.05) is 13.8 Å². The molecule has 9 nitrogen and oxygen atoms in total. The Balaban J connectivity index is 1.99. The van der Waals surface area contributed by atoms with Gasteiger partial charge in [-0.15, -0.1) is 0 Å². The highest BCUT2D eigenvalue weighted by atomic mass is 35.5. The molecule has 0 unspecified atom stereocenters. The lowest BCUT2D eigenvalue weighted by atomic mass is 10.1. The van der Waals surface area contributed by atoms with Crippen molar-refractivity contribution in [2.24, 2.45) is 0 Å². The maximum atomic E-state index is 13.9. The largest absolute Gasteiger partial charge is 0.454 e. The molecule has 3 rings (SSSR count). The van der Waals surface area contributed by atoms with Crippen LogP contribution < -0.4 is 19.1 Å². The fourth-order valence-electron chi connectivity index (χ4n) is 3.96. The van der Waals surface area contributed by atoms with Crippen LogP contribution in [0, 0.1) is 0 Å². The maximum absolute atomic E-state index is 13.9. The summed E-state index contributed by atoms with van der Waals surface area (Å²) in [6.45, 7) is 6.68. The number of hydrogen-bond acceptors (Lipinski definition) is 6. The van der Waals surface area contributed by atoms with Crippen LogP contribution in [0.3, 0.4) is 0 Å². The van der Waals surface area contributed by atoms with Crippen molar-refractivity contribution in [3.8, 4) is 11.5 Å². The molecule has 0 saturated heterocycles. The monoisotopic (exact) mass is 585 g/mol. The molecule has 0 fully saturated rings. The number of nitrogens with zero attached hydrogens (tertiary/aromatic N) is 2. The Labute approximate surface area is 234 Å². The van der Waals surface area contributed by atoms with Gasteiger partial charge in [0.25, 0.3) is 0 Å². The van der Waals surface area contributed by atoms with E-state index in [1.165, 1.54) is 17.9 Å². The molecule has 2 amide bonds. The van der Waals surface area contributed by atoms with E-state index < -0.39 is 28.5 Å². The zero-order chi connectivity index (χ0) is 28.0. The second kappa shape index (κ2) is 12.9. The molecule has 1 aliphatic rings. The Morgan fingerprint density at radius 1 is 1.00 bits per heavy atom. The zero-order valence-corrected chi connectivity index (χ0v) is 24.2. The molecule has 2 aromatic carbocycles. The van der Waals surface area contributed by atoms with Gasteiger partial charge in [-0.2, -0.15) is 0 Å². The standard InChI is InChI=1S/C26H33Cl2N3O6S/c1-5-17(4)29-26(33)22(6-2)30(14-18-8-10-20(27)21(28)12-18)25(32)15-31(38(34,35)7-3)19-9-11-23-24(13-19)37-16-36-23/h8-13,17,22H,5-7,14-16H2,1-4H3,(H,29,33)/t17-,22-/m1/s1. The second-order valence-electron chi connectivity index (χ2n) is 8.96. The van der Waals surface area contributed by atoms with E-state index in [9.17, 15) is 18.0 Å². The molecule has 1 aliphatic heterocycles. The minimum absolute atomic E-state index is 0.0269. The van der Waals surface area contributed by atoms with Crippen molar-refractivity contribution in [3.05, 3.63) is 52.0 Å². The van der Waals surface area contributed by atoms with Crippen LogP contribution in [0.1, 0.15) is 46.1 Å². The van der Waals surface area contributed by atoms with Gasteiger partial charge in [0.15, 0.2) is 11.5 Å². The molecule has 38 heavy (non-hydrogen) atoms. The number of carbonyl (C=O) groups is 2. The Morgan fingerprint density at radius 3 is 2.34 bits per heavy atom. The minimum Gasteiger partial charge on any atom is -0.454 e. The van der Waals surface area contributed by atoms with Crippen molar-refractivity contribution in [1.29, 1.82) is 0 Å². The first-order chi connectivity index (χ1) is 18.0. The molecular weight excluding hydrogens is 553 g/mol. The molecule has 208 valence electrons. The molecule has 0 aliphatic carbocycles. The first-order valence-corrected chi connectivity index (χ1v) is 14.8. The minimum atomic E-state index is -3.87. The van der Waals surface area contributed by atoms with E-state index in [2.05, 4.69) is 5.32 Å². The van der Waals surface area contributed by atoms with Crippen molar-refractivity contribution >= 4 is 50.7 Å². The van der Waals surface area contributed by atoms with Crippen LogP contribution in [0.2, 0.25) is 10.0 Å². The Morgan fingerprint density at radius 2 is 1.71 bits per heavy atom. The quantitative estimate of drug-likeness (QED) is 0.390. The number of nitrogens with one attached hydrogen (secondary N) is 1. The Kier molecular flexibility index (Phi) is 10.1. The number of amides is 2. The number of fused-ring (bicyclic) bond motifs is 1. The number of carbonyl (C=O) groups excluding carboxylic acids is 2. The van der Waals surface area contributed by atoms with Gasteiger partial charge in [-0.25, -0.2) is 8.42 Å².